The third-order valence-electron chi connectivity index (χ3n) is 4.35. The summed E-state index contributed by atoms with van der Waals surface area (Å²) in [6.07, 6.45) is 0. The quantitative estimate of drug-likeness (QED) is 0.525. The van der Waals surface area contributed by atoms with Gasteiger partial charge in [-0.25, -0.2) is 17.9 Å². The number of para-hydroxylation sites is 1. The van der Waals surface area contributed by atoms with Crippen LogP contribution in [-0.4, -0.2) is 8.42 Å². The number of sulfonamides is 1. The van der Waals surface area contributed by atoms with Gasteiger partial charge < -0.3 is 4.74 Å². The normalized spacial score (nSPS) is 11.5. The van der Waals surface area contributed by atoms with E-state index >= 15 is 0 Å². The summed E-state index contributed by atoms with van der Waals surface area (Å²) in [6.45, 7) is 0. The molecule has 0 unspecified atom stereocenters. The molecule has 0 aliphatic heterocycles. The Bertz CT molecular complexity index is 1270. The van der Waals surface area contributed by atoms with Gasteiger partial charge in [-0.3, -0.25) is 0 Å². The zero-order chi connectivity index (χ0) is 19.7. The van der Waals surface area contributed by atoms with Gasteiger partial charge >= 0.3 is 0 Å². The summed E-state index contributed by atoms with van der Waals surface area (Å²) >= 11 is 0. The van der Waals surface area contributed by atoms with Crippen LogP contribution in [0.5, 0.6) is 11.5 Å². The minimum absolute atomic E-state index is 0.110. The minimum Gasteiger partial charge on any atom is -0.457 e. The van der Waals surface area contributed by atoms with E-state index in [1.807, 2.05) is 18.2 Å². The van der Waals surface area contributed by atoms with Crippen LogP contribution in [0.4, 0.5) is 4.39 Å². The molecule has 4 aromatic carbocycles. The molecule has 4 nitrogen and oxygen atoms in total. The van der Waals surface area contributed by atoms with Crippen molar-refractivity contribution in [2.75, 3.05) is 0 Å². The number of benzene rings is 4. The lowest BCUT2D eigenvalue weighted by molar-refractivity contribution is 0.483. The number of nitrogens with two attached hydrogens (primary N) is 1. The van der Waals surface area contributed by atoms with E-state index in [0.29, 0.717) is 17.1 Å². The molecule has 0 aromatic heterocycles. The monoisotopic (exact) mass is 393 g/mol. The van der Waals surface area contributed by atoms with Gasteiger partial charge in [-0.1, -0.05) is 54.6 Å². The maximum atomic E-state index is 14.7. The third kappa shape index (κ3) is 3.47. The predicted molar refractivity (Wildman–Crippen MR) is 107 cm³/mol. The van der Waals surface area contributed by atoms with Gasteiger partial charge in [0.25, 0.3) is 0 Å². The Labute approximate surface area is 162 Å². The molecular weight excluding hydrogens is 377 g/mol. The Hall–Kier alpha value is -3.22. The van der Waals surface area contributed by atoms with E-state index in [9.17, 15) is 12.8 Å². The highest BCUT2D eigenvalue weighted by atomic mass is 32.2. The van der Waals surface area contributed by atoms with E-state index in [0.717, 1.165) is 0 Å². The smallest absolute Gasteiger partial charge is 0.239 e. The standard InChI is InChI=1S/C22H16FNO3S/c23-21-14-20(22(28(24,25)26)19-12-5-4-11-18(19)21)15-7-6-10-17(13-15)27-16-8-2-1-3-9-16/h1-14H,(H2,24,25,26). The number of hydrogen-bond donors (Lipinski definition) is 1. The molecule has 2 N–H and O–H groups in total. The Morgan fingerprint density at radius 1 is 0.750 bits per heavy atom. The molecule has 0 spiro atoms. The van der Waals surface area contributed by atoms with Gasteiger partial charge in [0.05, 0.1) is 4.90 Å². The molecule has 0 aliphatic rings. The van der Waals surface area contributed by atoms with Crippen molar-refractivity contribution in [2.24, 2.45) is 5.14 Å². The number of rotatable bonds is 4. The van der Waals surface area contributed by atoms with Gasteiger partial charge in [0, 0.05) is 16.3 Å². The molecule has 6 heteroatoms. The fourth-order valence-electron chi connectivity index (χ4n) is 3.18. The van der Waals surface area contributed by atoms with Gasteiger partial charge in [0.2, 0.25) is 10.0 Å². The van der Waals surface area contributed by atoms with Crippen LogP contribution in [0.2, 0.25) is 0 Å². The van der Waals surface area contributed by atoms with Crippen molar-refractivity contribution in [3.05, 3.63) is 90.7 Å². The SMILES string of the molecule is NS(=O)(=O)c1c(-c2cccc(Oc3ccccc3)c2)cc(F)c2ccccc12. The molecule has 0 heterocycles. The molecular formula is C22H16FNO3S. The highest BCUT2D eigenvalue weighted by molar-refractivity contribution is 7.89. The fraction of sp³-hybridized carbons (Fsp3) is 0. The Morgan fingerprint density at radius 3 is 2.11 bits per heavy atom. The number of primary sulfonamides is 1. The molecule has 4 aromatic rings. The molecule has 0 aliphatic carbocycles. The van der Waals surface area contributed by atoms with Crippen LogP contribution in [0.1, 0.15) is 0 Å². The number of ether oxygens (including phenoxy) is 1. The fourth-order valence-corrected chi connectivity index (χ4v) is 4.15. The molecule has 0 radical (unpaired) electrons. The highest BCUT2D eigenvalue weighted by Crippen LogP contribution is 2.36. The highest BCUT2D eigenvalue weighted by Gasteiger charge is 2.21. The molecule has 0 atom stereocenters. The average molecular weight is 393 g/mol. The Balaban J connectivity index is 1.91. The van der Waals surface area contributed by atoms with Crippen LogP contribution < -0.4 is 9.88 Å². The first-order valence-corrected chi connectivity index (χ1v) is 10.1. The summed E-state index contributed by atoms with van der Waals surface area (Å²) in [7, 11) is -4.10. The third-order valence-corrected chi connectivity index (χ3v) is 5.36. The summed E-state index contributed by atoms with van der Waals surface area (Å²) in [5.41, 5.74) is 0.680. The minimum atomic E-state index is -4.10. The molecule has 0 bridgehead atoms. The van der Waals surface area contributed by atoms with Crippen molar-refractivity contribution in [3.8, 4) is 22.6 Å². The zero-order valence-electron chi connectivity index (χ0n) is 14.7. The second-order valence-electron chi connectivity index (χ2n) is 6.27. The van der Waals surface area contributed by atoms with Gasteiger partial charge in [-0.15, -0.1) is 0 Å². The van der Waals surface area contributed by atoms with Crippen molar-refractivity contribution in [1.82, 2.24) is 0 Å². The summed E-state index contributed by atoms with van der Waals surface area (Å²) in [6, 6.07) is 23.5. The molecule has 0 fully saturated rings. The molecule has 0 amide bonds. The lowest BCUT2D eigenvalue weighted by Gasteiger charge is -2.14. The molecule has 0 saturated heterocycles. The van der Waals surface area contributed by atoms with E-state index in [-0.39, 0.29) is 21.2 Å². The van der Waals surface area contributed by atoms with Crippen LogP contribution >= 0.6 is 0 Å². The summed E-state index contributed by atoms with van der Waals surface area (Å²) in [4.78, 5) is -0.110. The lowest BCUT2D eigenvalue weighted by atomic mass is 10.0. The maximum absolute atomic E-state index is 14.7. The summed E-state index contributed by atoms with van der Waals surface area (Å²) < 4.78 is 45.2. The molecule has 140 valence electrons. The largest absolute Gasteiger partial charge is 0.457 e. The number of halogens is 1. The number of fused-ring (bicyclic) bond motifs is 1. The van der Waals surface area contributed by atoms with Gasteiger partial charge in [-0.05, 0) is 35.9 Å². The second-order valence-corrected chi connectivity index (χ2v) is 7.77. The number of hydrogen-bond acceptors (Lipinski definition) is 3. The van der Waals surface area contributed by atoms with Gasteiger partial charge in [-0.2, -0.15) is 0 Å². The first-order valence-electron chi connectivity index (χ1n) is 8.51. The second kappa shape index (κ2) is 7.07. The predicted octanol–water partition coefficient (Wildman–Crippen LogP) is 5.09. The van der Waals surface area contributed by atoms with Crippen LogP contribution in [-0.2, 0) is 10.0 Å². The maximum Gasteiger partial charge on any atom is 0.239 e. The lowest BCUT2D eigenvalue weighted by Crippen LogP contribution is -2.14. The van der Waals surface area contributed by atoms with Gasteiger partial charge in [0.15, 0.2) is 0 Å². The van der Waals surface area contributed by atoms with Crippen LogP contribution in [0.3, 0.4) is 0 Å². The van der Waals surface area contributed by atoms with Crippen molar-refractivity contribution >= 4 is 20.8 Å². The van der Waals surface area contributed by atoms with Crippen LogP contribution in [0, 0.1) is 5.82 Å². The van der Waals surface area contributed by atoms with E-state index in [1.165, 1.54) is 12.1 Å². The first kappa shape index (κ1) is 18.2. The van der Waals surface area contributed by atoms with E-state index in [2.05, 4.69) is 0 Å². The Kier molecular flexibility index (Phi) is 4.58. The zero-order valence-corrected chi connectivity index (χ0v) is 15.5. The van der Waals surface area contributed by atoms with Crippen molar-refractivity contribution < 1.29 is 17.5 Å². The van der Waals surface area contributed by atoms with E-state index < -0.39 is 15.8 Å². The van der Waals surface area contributed by atoms with Crippen LogP contribution in [0.15, 0.2) is 89.8 Å². The molecule has 0 saturated carbocycles. The average Bonchev–Trinajstić information content (AvgIpc) is 2.68. The summed E-state index contributed by atoms with van der Waals surface area (Å²) in [5, 5.41) is 5.94. The molecule has 28 heavy (non-hydrogen) atoms. The van der Waals surface area contributed by atoms with Gasteiger partial charge in [0.1, 0.15) is 17.3 Å². The topological polar surface area (TPSA) is 69.4 Å². The van der Waals surface area contributed by atoms with Crippen molar-refractivity contribution in [1.29, 1.82) is 0 Å². The first-order chi connectivity index (χ1) is 13.4. The summed E-state index contributed by atoms with van der Waals surface area (Å²) in [5.74, 6) is 0.612. The van der Waals surface area contributed by atoms with Crippen molar-refractivity contribution in [3.63, 3.8) is 0 Å². The van der Waals surface area contributed by atoms with Crippen molar-refractivity contribution in [2.45, 2.75) is 4.90 Å². The molecule has 4 rings (SSSR count). The van der Waals surface area contributed by atoms with Crippen LogP contribution in [0.25, 0.3) is 21.9 Å². The Morgan fingerprint density at radius 2 is 1.39 bits per heavy atom. The van der Waals surface area contributed by atoms with E-state index in [1.54, 1.807) is 54.6 Å². The van der Waals surface area contributed by atoms with E-state index in [4.69, 9.17) is 9.88 Å².